The molecule has 0 saturated carbocycles. The highest BCUT2D eigenvalue weighted by atomic mass is 15.1. The molecular formula is C20H29N5. The lowest BCUT2D eigenvalue weighted by atomic mass is 10.3. The van der Waals surface area contributed by atoms with E-state index in [1.54, 1.807) is 0 Å². The maximum Gasteiger partial charge on any atom is 0.125 e. The normalized spacial score (nSPS) is 10.4. The zero-order valence-electron chi connectivity index (χ0n) is 16.4. The van der Waals surface area contributed by atoms with E-state index in [0.717, 1.165) is 34.0 Å². The largest absolute Gasteiger partial charge is 0.262 e. The van der Waals surface area contributed by atoms with Crippen molar-refractivity contribution in [3.8, 4) is 0 Å². The van der Waals surface area contributed by atoms with E-state index in [0.29, 0.717) is 0 Å². The highest BCUT2D eigenvalue weighted by molar-refractivity contribution is 5.78. The molecule has 2 rings (SSSR count). The van der Waals surface area contributed by atoms with Gasteiger partial charge < -0.3 is 0 Å². The van der Waals surface area contributed by atoms with E-state index in [2.05, 4.69) is 31.7 Å². The molecule has 0 saturated heterocycles. The van der Waals surface area contributed by atoms with Crippen molar-refractivity contribution >= 4 is 6.21 Å². The number of rotatable bonds is 2. The molecular weight excluding hydrogens is 310 g/mol. The van der Waals surface area contributed by atoms with Gasteiger partial charge in [-0.1, -0.05) is 12.7 Å². The molecule has 0 aromatic carbocycles. The molecule has 25 heavy (non-hydrogen) atoms. The van der Waals surface area contributed by atoms with Crippen molar-refractivity contribution in [3.63, 3.8) is 0 Å². The summed E-state index contributed by atoms with van der Waals surface area (Å²) in [5, 5.41) is 7.66. The van der Waals surface area contributed by atoms with E-state index in [1.807, 2.05) is 85.3 Å². The Balaban J connectivity index is 0.000000346. The Kier molecular flexibility index (Phi) is 11.3. The fraction of sp³-hybridized carbons (Fsp3) is 0.350. The van der Waals surface area contributed by atoms with E-state index >= 15 is 0 Å². The minimum absolute atomic E-state index is 0.829. The van der Waals surface area contributed by atoms with Gasteiger partial charge in [-0.3, -0.25) is 4.99 Å². The van der Waals surface area contributed by atoms with Crippen LogP contribution in [0.2, 0.25) is 0 Å². The molecule has 0 bridgehead atoms. The summed E-state index contributed by atoms with van der Waals surface area (Å²) in [5.74, 6) is 0.829. The summed E-state index contributed by atoms with van der Waals surface area (Å²) < 4.78 is 0. The van der Waals surface area contributed by atoms with Crippen LogP contribution in [-0.4, -0.2) is 26.4 Å². The number of allylic oxidation sites excluding steroid dienone is 3. The third-order valence-electron chi connectivity index (χ3n) is 2.79. The lowest BCUT2D eigenvalue weighted by Gasteiger charge is -1.88. The minimum Gasteiger partial charge on any atom is -0.262 e. The van der Waals surface area contributed by atoms with Crippen LogP contribution in [0.4, 0.5) is 0 Å². The third kappa shape index (κ3) is 13.4. The standard InChI is InChI=1S/C8H13N.2C6H8N2/c1-5-8(4)6-9-7(2)3;1-5-3-7-6(2)8-4-5;1-5-3-4-6(2)8-7-5/h5-6H,2H2,1,3-4H3;2*3-4H,1-2H3/b8-5-,9-6?;;. The number of aliphatic imine (C=N–C) groups is 1. The Hall–Kier alpha value is -2.69. The highest BCUT2D eigenvalue weighted by Crippen LogP contribution is 1.91. The SMILES string of the molecule is C=C(C)N=C/C(C)=C\C.Cc1ccc(C)nn1.Cc1cnc(C)nc1. The molecule has 0 aliphatic heterocycles. The molecule has 0 unspecified atom stereocenters. The summed E-state index contributed by atoms with van der Waals surface area (Å²) in [6.45, 7) is 17.2. The van der Waals surface area contributed by atoms with Gasteiger partial charge in [-0.05, 0) is 71.7 Å². The number of nitrogens with zero attached hydrogens (tertiary/aromatic N) is 5. The first-order valence-corrected chi connectivity index (χ1v) is 8.09. The molecule has 0 aliphatic rings. The third-order valence-corrected chi connectivity index (χ3v) is 2.79. The number of hydrogen-bond donors (Lipinski definition) is 0. The zero-order chi connectivity index (χ0) is 19.2. The maximum absolute atomic E-state index is 4.01. The zero-order valence-corrected chi connectivity index (χ0v) is 16.4. The first kappa shape index (κ1) is 22.3. The van der Waals surface area contributed by atoms with E-state index in [9.17, 15) is 0 Å². The van der Waals surface area contributed by atoms with Gasteiger partial charge in [-0.2, -0.15) is 10.2 Å². The average Bonchev–Trinajstić information content (AvgIpc) is 2.59. The fourth-order valence-electron chi connectivity index (χ4n) is 1.21. The van der Waals surface area contributed by atoms with Gasteiger partial charge in [-0.25, -0.2) is 9.97 Å². The molecule has 0 radical (unpaired) electrons. The average molecular weight is 339 g/mol. The van der Waals surface area contributed by atoms with E-state index in [-0.39, 0.29) is 0 Å². The van der Waals surface area contributed by atoms with Crippen LogP contribution in [0.15, 0.2) is 53.4 Å². The van der Waals surface area contributed by atoms with Crippen molar-refractivity contribution in [2.45, 2.75) is 48.5 Å². The monoisotopic (exact) mass is 339 g/mol. The molecule has 0 spiro atoms. The second kappa shape index (κ2) is 12.7. The van der Waals surface area contributed by atoms with Crippen LogP contribution in [0.1, 0.15) is 43.5 Å². The van der Waals surface area contributed by atoms with Crippen LogP contribution in [-0.2, 0) is 0 Å². The first-order valence-electron chi connectivity index (χ1n) is 8.09. The summed E-state index contributed by atoms with van der Waals surface area (Å²) in [6.07, 6.45) is 7.43. The van der Waals surface area contributed by atoms with Gasteiger partial charge in [-0.15, -0.1) is 0 Å². The Morgan fingerprint density at radius 2 is 1.44 bits per heavy atom. The Morgan fingerprint density at radius 3 is 1.76 bits per heavy atom. The second-order valence-electron chi connectivity index (χ2n) is 5.65. The lowest BCUT2D eigenvalue weighted by Crippen LogP contribution is -1.86. The van der Waals surface area contributed by atoms with Gasteiger partial charge >= 0.3 is 0 Å². The van der Waals surface area contributed by atoms with Crippen molar-refractivity contribution in [2.24, 2.45) is 4.99 Å². The molecule has 0 N–H and O–H groups in total. The van der Waals surface area contributed by atoms with Gasteiger partial charge in [0.1, 0.15) is 5.82 Å². The van der Waals surface area contributed by atoms with Crippen LogP contribution in [0, 0.1) is 27.7 Å². The van der Waals surface area contributed by atoms with Crippen LogP contribution in [0.5, 0.6) is 0 Å². The molecule has 0 amide bonds. The van der Waals surface area contributed by atoms with Gasteiger partial charge in [0.2, 0.25) is 0 Å². The van der Waals surface area contributed by atoms with Crippen LogP contribution in [0.3, 0.4) is 0 Å². The molecule has 2 aromatic rings. The Labute approximate surface area is 151 Å². The minimum atomic E-state index is 0.829. The number of aromatic nitrogens is 4. The molecule has 0 aliphatic carbocycles. The molecule has 2 heterocycles. The first-order chi connectivity index (χ1) is 11.7. The van der Waals surface area contributed by atoms with Crippen molar-refractivity contribution < 1.29 is 0 Å². The van der Waals surface area contributed by atoms with E-state index in [4.69, 9.17) is 0 Å². The van der Waals surface area contributed by atoms with Crippen molar-refractivity contribution in [1.29, 1.82) is 0 Å². The molecule has 134 valence electrons. The summed E-state index contributed by atoms with van der Waals surface area (Å²) in [7, 11) is 0. The van der Waals surface area contributed by atoms with Crippen LogP contribution < -0.4 is 0 Å². The molecule has 0 fully saturated rings. The smallest absolute Gasteiger partial charge is 0.125 e. The van der Waals surface area contributed by atoms with Gasteiger partial charge in [0.25, 0.3) is 0 Å². The predicted octanol–water partition coefficient (Wildman–Crippen LogP) is 4.74. The van der Waals surface area contributed by atoms with E-state index in [1.165, 1.54) is 0 Å². The van der Waals surface area contributed by atoms with Gasteiger partial charge in [0.05, 0.1) is 11.4 Å². The van der Waals surface area contributed by atoms with Crippen molar-refractivity contribution in [3.05, 3.63) is 71.2 Å². The predicted molar refractivity (Wildman–Crippen MR) is 106 cm³/mol. The Bertz CT molecular complexity index is 598. The lowest BCUT2D eigenvalue weighted by molar-refractivity contribution is 0.941. The van der Waals surface area contributed by atoms with Crippen molar-refractivity contribution in [2.75, 3.05) is 0 Å². The number of aryl methyl sites for hydroxylation is 4. The molecule has 0 atom stereocenters. The highest BCUT2D eigenvalue weighted by Gasteiger charge is 1.83. The Morgan fingerprint density at radius 1 is 0.960 bits per heavy atom. The fourth-order valence-corrected chi connectivity index (χ4v) is 1.21. The van der Waals surface area contributed by atoms with E-state index < -0.39 is 0 Å². The molecule has 5 heteroatoms. The topological polar surface area (TPSA) is 63.9 Å². The van der Waals surface area contributed by atoms with Crippen molar-refractivity contribution in [1.82, 2.24) is 20.2 Å². The summed E-state index contributed by atoms with van der Waals surface area (Å²) in [5.41, 5.74) is 5.05. The summed E-state index contributed by atoms with van der Waals surface area (Å²) >= 11 is 0. The van der Waals surface area contributed by atoms with Crippen LogP contribution >= 0.6 is 0 Å². The summed E-state index contributed by atoms with van der Waals surface area (Å²) in [4.78, 5) is 11.9. The van der Waals surface area contributed by atoms with Crippen LogP contribution in [0.25, 0.3) is 0 Å². The molecule has 2 aromatic heterocycles. The summed E-state index contributed by atoms with van der Waals surface area (Å²) in [6, 6.07) is 3.89. The molecule has 5 nitrogen and oxygen atoms in total. The second-order valence-corrected chi connectivity index (χ2v) is 5.65. The quantitative estimate of drug-likeness (QED) is 0.741. The van der Waals surface area contributed by atoms with Gasteiger partial charge in [0, 0.05) is 24.3 Å². The number of hydrogen-bond acceptors (Lipinski definition) is 5. The maximum atomic E-state index is 4.01. The van der Waals surface area contributed by atoms with Gasteiger partial charge in [0.15, 0.2) is 0 Å².